The molecule has 0 aromatic carbocycles. The third kappa shape index (κ3) is 9.42. The lowest BCUT2D eigenvalue weighted by atomic mass is 9.88. The first-order chi connectivity index (χ1) is 8.41. The number of hydrogen-bond acceptors (Lipinski definition) is 3. The average molecular weight is 258 g/mol. The molecular formula is C14H30N2O2. The SMILES string of the molecule is CCCC(C)NC(=O)CNCC(C)(C)CCCO. The maximum Gasteiger partial charge on any atom is 0.234 e. The van der Waals surface area contributed by atoms with E-state index >= 15 is 0 Å². The monoisotopic (exact) mass is 258 g/mol. The van der Waals surface area contributed by atoms with Crippen LogP contribution in [0.3, 0.4) is 0 Å². The number of rotatable bonds is 10. The average Bonchev–Trinajstić information content (AvgIpc) is 2.26. The molecule has 4 heteroatoms. The van der Waals surface area contributed by atoms with Gasteiger partial charge in [-0.25, -0.2) is 0 Å². The fourth-order valence-corrected chi connectivity index (χ4v) is 1.99. The molecule has 0 fully saturated rings. The largest absolute Gasteiger partial charge is 0.396 e. The molecule has 0 aliphatic rings. The van der Waals surface area contributed by atoms with Crippen molar-refractivity contribution in [3.8, 4) is 0 Å². The number of amides is 1. The lowest BCUT2D eigenvalue weighted by molar-refractivity contribution is -0.120. The normalized spacial score (nSPS) is 13.4. The summed E-state index contributed by atoms with van der Waals surface area (Å²) < 4.78 is 0. The van der Waals surface area contributed by atoms with Crippen LogP contribution < -0.4 is 10.6 Å². The number of aliphatic hydroxyl groups excluding tert-OH is 1. The zero-order valence-electron chi connectivity index (χ0n) is 12.4. The summed E-state index contributed by atoms with van der Waals surface area (Å²) in [6.45, 7) is 9.84. The summed E-state index contributed by atoms with van der Waals surface area (Å²) in [7, 11) is 0. The van der Waals surface area contributed by atoms with E-state index in [1.807, 2.05) is 6.92 Å². The van der Waals surface area contributed by atoms with E-state index in [1.165, 1.54) is 0 Å². The van der Waals surface area contributed by atoms with Gasteiger partial charge in [-0.15, -0.1) is 0 Å². The van der Waals surface area contributed by atoms with Crippen molar-refractivity contribution in [2.24, 2.45) is 5.41 Å². The van der Waals surface area contributed by atoms with Crippen LogP contribution in [0.1, 0.15) is 53.4 Å². The molecule has 0 rings (SSSR count). The second-order valence-electron chi connectivity index (χ2n) is 5.85. The summed E-state index contributed by atoms with van der Waals surface area (Å²) in [5, 5.41) is 15.0. The molecule has 0 saturated heterocycles. The minimum absolute atomic E-state index is 0.0638. The van der Waals surface area contributed by atoms with E-state index in [1.54, 1.807) is 0 Å². The molecule has 18 heavy (non-hydrogen) atoms. The summed E-state index contributed by atoms with van der Waals surface area (Å²) in [6, 6.07) is 0.256. The predicted octanol–water partition coefficient (Wildman–Crippen LogP) is 1.68. The van der Waals surface area contributed by atoms with Gasteiger partial charge >= 0.3 is 0 Å². The van der Waals surface area contributed by atoms with E-state index < -0.39 is 0 Å². The number of aliphatic hydroxyl groups is 1. The Hall–Kier alpha value is -0.610. The van der Waals surface area contributed by atoms with E-state index in [0.717, 1.165) is 32.2 Å². The van der Waals surface area contributed by atoms with E-state index in [2.05, 4.69) is 31.4 Å². The van der Waals surface area contributed by atoms with Gasteiger partial charge in [0.2, 0.25) is 5.91 Å². The van der Waals surface area contributed by atoms with Crippen molar-refractivity contribution >= 4 is 5.91 Å². The van der Waals surface area contributed by atoms with Gasteiger partial charge in [0.25, 0.3) is 0 Å². The van der Waals surface area contributed by atoms with Gasteiger partial charge in [0.1, 0.15) is 0 Å². The van der Waals surface area contributed by atoms with Crippen molar-refractivity contribution < 1.29 is 9.90 Å². The summed E-state index contributed by atoms with van der Waals surface area (Å²) in [6.07, 6.45) is 3.88. The van der Waals surface area contributed by atoms with E-state index in [4.69, 9.17) is 5.11 Å². The van der Waals surface area contributed by atoms with Crippen LogP contribution in [0.4, 0.5) is 0 Å². The third-order valence-corrected chi connectivity index (χ3v) is 3.03. The molecule has 0 heterocycles. The number of hydrogen-bond donors (Lipinski definition) is 3. The van der Waals surface area contributed by atoms with Crippen LogP contribution in [0.25, 0.3) is 0 Å². The first kappa shape index (κ1) is 17.4. The van der Waals surface area contributed by atoms with Crippen LogP contribution in [0.5, 0.6) is 0 Å². The Labute approximate surface area is 112 Å². The van der Waals surface area contributed by atoms with Crippen molar-refractivity contribution in [1.29, 1.82) is 0 Å². The smallest absolute Gasteiger partial charge is 0.234 e. The molecule has 0 aromatic rings. The summed E-state index contributed by atoms with van der Waals surface area (Å²) in [5.74, 6) is 0.0638. The maximum atomic E-state index is 11.6. The lowest BCUT2D eigenvalue weighted by Crippen LogP contribution is -2.41. The van der Waals surface area contributed by atoms with Gasteiger partial charge in [-0.3, -0.25) is 4.79 Å². The Morgan fingerprint density at radius 3 is 2.61 bits per heavy atom. The van der Waals surface area contributed by atoms with Crippen molar-refractivity contribution in [3.05, 3.63) is 0 Å². The Morgan fingerprint density at radius 2 is 2.06 bits per heavy atom. The van der Waals surface area contributed by atoms with Gasteiger partial charge < -0.3 is 15.7 Å². The first-order valence-electron chi connectivity index (χ1n) is 7.02. The Balaban J connectivity index is 3.72. The zero-order valence-corrected chi connectivity index (χ0v) is 12.4. The highest BCUT2D eigenvalue weighted by molar-refractivity contribution is 5.78. The van der Waals surface area contributed by atoms with Gasteiger partial charge in [-0.05, 0) is 31.6 Å². The molecule has 0 aliphatic carbocycles. The van der Waals surface area contributed by atoms with E-state index in [0.29, 0.717) is 6.54 Å². The van der Waals surface area contributed by atoms with Crippen LogP contribution in [-0.4, -0.2) is 36.8 Å². The third-order valence-electron chi connectivity index (χ3n) is 3.03. The van der Waals surface area contributed by atoms with E-state index in [-0.39, 0.29) is 24.0 Å². The molecule has 1 amide bonds. The van der Waals surface area contributed by atoms with Gasteiger partial charge in [-0.1, -0.05) is 27.2 Å². The molecule has 0 saturated carbocycles. The number of carbonyl (C=O) groups excluding carboxylic acids is 1. The van der Waals surface area contributed by atoms with Crippen LogP contribution in [0.15, 0.2) is 0 Å². The standard InChI is InChI=1S/C14H30N2O2/c1-5-7-12(2)16-13(18)10-15-11-14(3,4)8-6-9-17/h12,15,17H,5-11H2,1-4H3,(H,16,18). The molecule has 3 N–H and O–H groups in total. The molecule has 0 radical (unpaired) electrons. The lowest BCUT2D eigenvalue weighted by Gasteiger charge is -2.24. The van der Waals surface area contributed by atoms with Crippen LogP contribution in [0, 0.1) is 5.41 Å². The Kier molecular flexibility index (Phi) is 9.02. The topological polar surface area (TPSA) is 61.4 Å². The Bertz CT molecular complexity index is 230. The van der Waals surface area contributed by atoms with Gasteiger partial charge in [0.05, 0.1) is 6.54 Å². The van der Waals surface area contributed by atoms with Crippen molar-refractivity contribution in [1.82, 2.24) is 10.6 Å². The van der Waals surface area contributed by atoms with Crippen molar-refractivity contribution in [3.63, 3.8) is 0 Å². The molecule has 108 valence electrons. The molecule has 0 bridgehead atoms. The maximum absolute atomic E-state index is 11.6. The highest BCUT2D eigenvalue weighted by Crippen LogP contribution is 2.20. The second-order valence-corrected chi connectivity index (χ2v) is 5.85. The highest BCUT2D eigenvalue weighted by Gasteiger charge is 2.17. The van der Waals surface area contributed by atoms with E-state index in [9.17, 15) is 4.79 Å². The zero-order chi connectivity index (χ0) is 14.0. The summed E-state index contributed by atoms with van der Waals surface area (Å²) in [5.41, 5.74) is 0.123. The molecule has 0 aliphatic heterocycles. The van der Waals surface area contributed by atoms with Gasteiger partial charge in [0, 0.05) is 19.2 Å². The fourth-order valence-electron chi connectivity index (χ4n) is 1.99. The van der Waals surface area contributed by atoms with Gasteiger partial charge in [0.15, 0.2) is 0 Å². The van der Waals surface area contributed by atoms with Crippen molar-refractivity contribution in [2.45, 2.75) is 59.4 Å². The summed E-state index contributed by atoms with van der Waals surface area (Å²) in [4.78, 5) is 11.6. The fraction of sp³-hybridized carbons (Fsp3) is 0.929. The molecule has 0 spiro atoms. The molecular weight excluding hydrogens is 228 g/mol. The minimum Gasteiger partial charge on any atom is -0.396 e. The first-order valence-corrected chi connectivity index (χ1v) is 7.02. The predicted molar refractivity (Wildman–Crippen MR) is 75.5 cm³/mol. The number of nitrogens with one attached hydrogen (secondary N) is 2. The second kappa shape index (κ2) is 9.34. The molecule has 1 unspecified atom stereocenters. The van der Waals surface area contributed by atoms with Crippen LogP contribution in [-0.2, 0) is 4.79 Å². The molecule has 1 atom stereocenters. The molecule has 4 nitrogen and oxygen atoms in total. The Morgan fingerprint density at radius 1 is 1.39 bits per heavy atom. The minimum atomic E-state index is 0.0638. The van der Waals surface area contributed by atoms with Crippen LogP contribution in [0.2, 0.25) is 0 Å². The molecule has 0 aromatic heterocycles. The quantitative estimate of drug-likeness (QED) is 0.559. The summed E-state index contributed by atoms with van der Waals surface area (Å²) >= 11 is 0. The number of carbonyl (C=O) groups is 1. The van der Waals surface area contributed by atoms with Crippen molar-refractivity contribution in [2.75, 3.05) is 19.7 Å². The van der Waals surface area contributed by atoms with Crippen LogP contribution >= 0.6 is 0 Å². The van der Waals surface area contributed by atoms with Gasteiger partial charge in [-0.2, -0.15) is 0 Å². The highest BCUT2D eigenvalue weighted by atomic mass is 16.2.